The van der Waals surface area contributed by atoms with E-state index >= 15 is 0 Å². The van der Waals surface area contributed by atoms with Crippen molar-refractivity contribution in [2.24, 2.45) is 0 Å². The van der Waals surface area contributed by atoms with Crippen LogP contribution in [0.15, 0.2) is 35.2 Å². The Balaban J connectivity index is 2.03. The van der Waals surface area contributed by atoms with Crippen molar-refractivity contribution < 1.29 is 22.7 Å². The van der Waals surface area contributed by atoms with Gasteiger partial charge in [0.2, 0.25) is 0 Å². The zero-order chi connectivity index (χ0) is 18.2. The van der Waals surface area contributed by atoms with Crippen LogP contribution in [-0.4, -0.2) is 28.0 Å². The van der Waals surface area contributed by atoms with Gasteiger partial charge in [0, 0.05) is 0 Å². The molecule has 1 aliphatic heterocycles. The molecule has 132 valence electrons. The van der Waals surface area contributed by atoms with Gasteiger partial charge in [0.15, 0.2) is 12.4 Å². The topological polar surface area (TPSA) is 93.7 Å². The first-order valence-electron chi connectivity index (χ1n) is 7.55. The van der Waals surface area contributed by atoms with Gasteiger partial charge in [-0.15, -0.1) is 0 Å². The van der Waals surface area contributed by atoms with Crippen molar-refractivity contribution in [3.05, 3.63) is 41.5 Å². The van der Waals surface area contributed by atoms with Crippen molar-refractivity contribution in [1.29, 1.82) is 0 Å². The number of hydrogen-bond donors (Lipinski definition) is 2. The second-order valence-corrected chi connectivity index (χ2v) is 7.36. The van der Waals surface area contributed by atoms with Gasteiger partial charge < -0.3 is 14.8 Å². The molecule has 0 spiro atoms. The molecule has 0 saturated carbocycles. The first-order valence-corrected chi connectivity index (χ1v) is 9.04. The fraction of sp³-hybridized carbons (Fsp3) is 0.235. The van der Waals surface area contributed by atoms with Crippen molar-refractivity contribution >= 4 is 27.3 Å². The number of nitrogens with one attached hydrogen (secondary N) is 2. The van der Waals surface area contributed by atoms with Crippen molar-refractivity contribution in [3.8, 4) is 11.5 Å². The van der Waals surface area contributed by atoms with Gasteiger partial charge in [-0.3, -0.25) is 9.52 Å². The van der Waals surface area contributed by atoms with E-state index in [0.717, 1.165) is 11.1 Å². The highest BCUT2D eigenvalue weighted by atomic mass is 32.2. The molecule has 0 aliphatic carbocycles. The summed E-state index contributed by atoms with van der Waals surface area (Å²) in [4.78, 5) is 11.4. The minimum atomic E-state index is -3.91. The van der Waals surface area contributed by atoms with E-state index in [-0.39, 0.29) is 34.6 Å². The number of para-hydroxylation sites is 1. The molecule has 0 fully saturated rings. The van der Waals surface area contributed by atoms with Gasteiger partial charge in [0.25, 0.3) is 15.9 Å². The number of rotatable bonds is 4. The van der Waals surface area contributed by atoms with E-state index in [0.29, 0.717) is 5.69 Å². The Labute approximate surface area is 146 Å². The molecule has 1 heterocycles. The second kappa shape index (κ2) is 6.29. The number of fused-ring (bicyclic) bond motifs is 1. The Bertz CT molecular complexity index is 954. The summed E-state index contributed by atoms with van der Waals surface area (Å²) in [6.45, 7) is 3.54. The van der Waals surface area contributed by atoms with E-state index in [1.807, 2.05) is 13.8 Å². The molecule has 0 unspecified atom stereocenters. The number of aryl methyl sites for hydroxylation is 2. The largest absolute Gasteiger partial charge is 0.495 e. The summed E-state index contributed by atoms with van der Waals surface area (Å²) < 4.78 is 38.8. The fourth-order valence-electron chi connectivity index (χ4n) is 2.53. The predicted molar refractivity (Wildman–Crippen MR) is 93.8 cm³/mol. The molecular weight excluding hydrogens is 344 g/mol. The maximum Gasteiger partial charge on any atom is 0.265 e. The van der Waals surface area contributed by atoms with Gasteiger partial charge in [-0.05, 0) is 49.2 Å². The molecule has 3 rings (SSSR count). The fourth-order valence-corrected chi connectivity index (χ4v) is 3.83. The van der Waals surface area contributed by atoms with Crippen LogP contribution in [0.4, 0.5) is 11.4 Å². The molecular formula is C17H18N2O5S. The predicted octanol–water partition coefficient (Wildman–Crippen LogP) is 2.44. The van der Waals surface area contributed by atoms with Crippen LogP contribution < -0.4 is 19.5 Å². The molecule has 2 aromatic carbocycles. The van der Waals surface area contributed by atoms with E-state index in [1.165, 1.54) is 7.11 Å². The first kappa shape index (κ1) is 17.1. The zero-order valence-corrected chi connectivity index (χ0v) is 14.9. The summed E-state index contributed by atoms with van der Waals surface area (Å²) in [5, 5.41) is 2.64. The van der Waals surface area contributed by atoms with Crippen LogP contribution in [0.5, 0.6) is 11.5 Å². The molecule has 0 saturated heterocycles. The minimum absolute atomic E-state index is 0.0375. The third-order valence-corrected chi connectivity index (χ3v) is 5.34. The number of methoxy groups -OCH3 is 1. The molecule has 8 heteroatoms. The number of ether oxygens (including phenoxy) is 2. The molecule has 1 aliphatic rings. The van der Waals surface area contributed by atoms with Crippen LogP contribution >= 0.6 is 0 Å². The minimum Gasteiger partial charge on any atom is -0.495 e. The molecule has 7 nitrogen and oxygen atoms in total. The zero-order valence-electron chi connectivity index (χ0n) is 14.0. The van der Waals surface area contributed by atoms with Gasteiger partial charge in [-0.1, -0.05) is 6.07 Å². The number of benzene rings is 2. The summed E-state index contributed by atoms with van der Waals surface area (Å²) in [6.07, 6.45) is 0. The van der Waals surface area contributed by atoms with Crippen molar-refractivity contribution in [3.63, 3.8) is 0 Å². The lowest BCUT2D eigenvalue weighted by atomic mass is 10.1. The summed E-state index contributed by atoms with van der Waals surface area (Å²) in [7, 11) is -2.49. The summed E-state index contributed by atoms with van der Waals surface area (Å²) >= 11 is 0. The average Bonchev–Trinajstić information content (AvgIpc) is 2.56. The second-order valence-electron chi connectivity index (χ2n) is 5.71. The number of hydrogen-bond acceptors (Lipinski definition) is 5. The van der Waals surface area contributed by atoms with E-state index < -0.39 is 10.0 Å². The lowest BCUT2D eigenvalue weighted by molar-refractivity contribution is -0.118. The van der Waals surface area contributed by atoms with Crippen LogP contribution in [0.3, 0.4) is 0 Å². The van der Waals surface area contributed by atoms with E-state index in [1.54, 1.807) is 30.3 Å². The first-order chi connectivity index (χ1) is 11.8. The summed E-state index contributed by atoms with van der Waals surface area (Å²) in [5.74, 6) is 0.256. The van der Waals surface area contributed by atoms with Gasteiger partial charge in [0.05, 0.1) is 18.5 Å². The number of amides is 1. The average molecular weight is 362 g/mol. The lowest BCUT2D eigenvalue weighted by Gasteiger charge is -2.21. The van der Waals surface area contributed by atoms with Crippen molar-refractivity contribution in [2.45, 2.75) is 18.7 Å². The van der Waals surface area contributed by atoms with Gasteiger partial charge >= 0.3 is 0 Å². The van der Waals surface area contributed by atoms with Crippen LogP contribution in [0.25, 0.3) is 0 Å². The maximum absolute atomic E-state index is 12.9. The van der Waals surface area contributed by atoms with Crippen LogP contribution in [0.2, 0.25) is 0 Å². The Hall–Kier alpha value is -2.74. The Morgan fingerprint density at radius 2 is 1.92 bits per heavy atom. The smallest absolute Gasteiger partial charge is 0.265 e. The maximum atomic E-state index is 12.9. The molecule has 0 bridgehead atoms. The highest BCUT2D eigenvalue weighted by Gasteiger charge is 2.25. The van der Waals surface area contributed by atoms with E-state index in [9.17, 15) is 13.2 Å². The molecule has 0 aromatic heterocycles. The third kappa shape index (κ3) is 3.25. The molecule has 2 N–H and O–H groups in total. The number of sulfonamides is 1. The summed E-state index contributed by atoms with van der Waals surface area (Å²) in [5.41, 5.74) is 2.43. The van der Waals surface area contributed by atoms with Gasteiger partial charge in [-0.25, -0.2) is 8.42 Å². The van der Waals surface area contributed by atoms with Gasteiger partial charge in [0.1, 0.15) is 10.6 Å². The standard InChI is InChI=1S/C17H18N2O5S/c1-10-7-14(23-3)15(8-11(10)2)25(21,22)19-13-6-4-5-12-17(13)24-9-16(20)18-12/h4-8,19H,9H2,1-3H3,(H,18,20). The van der Waals surface area contributed by atoms with E-state index in [2.05, 4.69) is 10.0 Å². The highest BCUT2D eigenvalue weighted by Crippen LogP contribution is 2.37. The van der Waals surface area contributed by atoms with E-state index in [4.69, 9.17) is 9.47 Å². The summed E-state index contributed by atoms with van der Waals surface area (Å²) in [6, 6.07) is 8.08. The van der Waals surface area contributed by atoms with Gasteiger partial charge in [-0.2, -0.15) is 0 Å². The Morgan fingerprint density at radius 3 is 2.64 bits per heavy atom. The molecule has 0 radical (unpaired) electrons. The molecule has 25 heavy (non-hydrogen) atoms. The SMILES string of the molecule is COc1cc(C)c(C)cc1S(=O)(=O)Nc1cccc2c1OCC(=O)N2. The quantitative estimate of drug-likeness (QED) is 0.871. The van der Waals surface area contributed by atoms with Crippen LogP contribution in [-0.2, 0) is 14.8 Å². The molecule has 0 atom stereocenters. The number of carbonyl (C=O) groups is 1. The number of carbonyl (C=O) groups excluding carboxylic acids is 1. The normalized spacial score (nSPS) is 13.5. The Morgan fingerprint density at radius 1 is 1.20 bits per heavy atom. The molecule has 2 aromatic rings. The Kier molecular flexibility index (Phi) is 4.30. The number of anilines is 2. The lowest BCUT2D eigenvalue weighted by Crippen LogP contribution is -2.26. The third-order valence-electron chi connectivity index (χ3n) is 3.95. The highest BCUT2D eigenvalue weighted by molar-refractivity contribution is 7.92. The molecule has 1 amide bonds. The van der Waals surface area contributed by atoms with Crippen LogP contribution in [0, 0.1) is 13.8 Å². The monoisotopic (exact) mass is 362 g/mol. The van der Waals surface area contributed by atoms with Crippen molar-refractivity contribution in [1.82, 2.24) is 0 Å². The van der Waals surface area contributed by atoms with Crippen molar-refractivity contribution in [2.75, 3.05) is 23.8 Å². The van der Waals surface area contributed by atoms with Crippen LogP contribution in [0.1, 0.15) is 11.1 Å².